The molecule has 180 valence electrons. The molecule has 1 aliphatic heterocycles. The van der Waals surface area contributed by atoms with Crippen LogP contribution in [0.2, 0.25) is 0 Å². The van der Waals surface area contributed by atoms with E-state index >= 15 is 0 Å². The van der Waals surface area contributed by atoms with E-state index in [9.17, 15) is 9.90 Å². The van der Waals surface area contributed by atoms with Gasteiger partial charge in [0.05, 0.1) is 23.9 Å². The van der Waals surface area contributed by atoms with Crippen molar-refractivity contribution in [1.82, 2.24) is 19.9 Å². The van der Waals surface area contributed by atoms with Crippen LogP contribution in [0.4, 0.5) is 0 Å². The van der Waals surface area contributed by atoms with E-state index in [4.69, 9.17) is 4.74 Å². The number of piperidine rings is 1. The Morgan fingerprint density at radius 1 is 1.06 bits per heavy atom. The predicted molar refractivity (Wildman–Crippen MR) is 130 cm³/mol. The largest absolute Gasteiger partial charge is 0.455 e. The van der Waals surface area contributed by atoms with Crippen molar-refractivity contribution in [2.24, 2.45) is 0 Å². The van der Waals surface area contributed by atoms with Gasteiger partial charge in [0, 0.05) is 12.6 Å². The first-order valence-electron chi connectivity index (χ1n) is 12.3. The zero-order valence-electron chi connectivity index (χ0n) is 19.8. The van der Waals surface area contributed by atoms with Crippen LogP contribution in [0, 0.1) is 0 Å². The lowest BCUT2D eigenvalue weighted by molar-refractivity contribution is -0.0102. The van der Waals surface area contributed by atoms with Crippen molar-refractivity contribution in [2.45, 2.75) is 63.8 Å². The van der Waals surface area contributed by atoms with Crippen LogP contribution in [0.1, 0.15) is 72.7 Å². The highest BCUT2D eigenvalue weighted by Crippen LogP contribution is 2.36. The number of ether oxygens (including phenoxy) is 1. The van der Waals surface area contributed by atoms with Crippen LogP contribution in [0.15, 0.2) is 66.9 Å². The molecule has 2 aromatic carbocycles. The van der Waals surface area contributed by atoms with Crippen LogP contribution in [-0.4, -0.2) is 50.2 Å². The molecule has 34 heavy (non-hydrogen) atoms. The van der Waals surface area contributed by atoms with Gasteiger partial charge in [-0.05, 0) is 37.1 Å². The number of hydrogen-bond acceptors (Lipinski definition) is 6. The lowest BCUT2D eigenvalue weighted by atomic mass is 9.89. The summed E-state index contributed by atoms with van der Waals surface area (Å²) in [6.45, 7) is 3.83. The second-order valence-corrected chi connectivity index (χ2v) is 8.98. The average Bonchev–Trinajstić information content (AvgIpc) is 3.35. The number of aliphatic hydroxyl groups is 1. The average molecular weight is 463 g/mol. The minimum absolute atomic E-state index is 0.0439. The SMILES string of the molecule is CCCCCCN1C[C@H](O)[C@@H](n2cc(COC(=O)c3ccccc3)nn2)C[C@H]1c1ccccc1. The standard InChI is InChI=1S/C27H34N4O3/c1-2-3-4-11-16-30-19-26(32)25(17-24(30)21-12-7-5-8-13-21)31-18-23(28-29-31)20-34-27(33)22-14-9-6-10-15-22/h5-10,12-15,18,24-26,32H,2-4,11,16-17,19-20H2,1H3/t24-,25-,26-/m0/s1. The first-order valence-corrected chi connectivity index (χ1v) is 12.3. The normalized spacial score (nSPS) is 20.8. The number of esters is 1. The number of likely N-dealkylation sites (tertiary alicyclic amines) is 1. The maximum Gasteiger partial charge on any atom is 0.338 e. The maximum absolute atomic E-state index is 12.2. The summed E-state index contributed by atoms with van der Waals surface area (Å²) in [4.78, 5) is 14.6. The Kier molecular flexibility index (Phi) is 8.44. The highest BCUT2D eigenvalue weighted by atomic mass is 16.5. The van der Waals surface area contributed by atoms with E-state index in [1.807, 2.05) is 12.1 Å². The van der Waals surface area contributed by atoms with Crippen LogP contribution in [-0.2, 0) is 11.3 Å². The van der Waals surface area contributed by atoms with Crippen LogP contribution in [0.5, 0.6) is 0 Å². The topological polar surface area (TPSA) is 80.5 Å². The molecule has 1 aromatic heterocycles. The van der Waals surface area contributed by atoms with E-state index in [0.29, 0.717) is 17.8 Å². The van der Waals surface area contributed by atoms with Crippen molar-refractivity contribution in [3.63, 3.8) is 0 Å². The maximum atomic E-state index is 12.2. The van der Waals surface area contributed by atoms with Crippen LogP contribution in [0.3, 0.4) is 0 Å². The summed E-state index contributed by atoms with van der Waals surface area (Å²) in [5.41, 5.74) is 2.32. The fourth-order valence-electron chi connectivity index (χ4n) is 4.66. The Morgan fingerprint density at radius 2 is 1.79 bits per heavy atom. The lowest BCUT2D eigenvalue weighted by Gasteiger charge is -2.42. The third-order valence-electron chi connectivity index (χ3n) is 6.51. The zero-order chi connectivity index (χ0) is 23.8. The Labute approximate surface area is 201 Å². The minimum atomic E-state index is -0.549. The minimum Gasteiger partial charge on any atom is -0.455 e. The number of aliphatic hydroxyl groups excluding tert-OH is 1. The molecule has 3 atom stereocenters. The Bertz CT molecular complexity index is 1020. The van der Waals surface area contributed by atoms with Crippen molar-refractivity contribution in [3.05, 3.63) is 83.7 Å². The van der Waals surface area contributed by atoms with Gasteiger partial charge in [-0.3, -0.25) is 4.90 Å². The van der Waals surface area contributed by atoms with E-state index in [1.54, 1.807) is 35.1 Å². The Balaban J connectivity index is 1.42. The summed E-state index contributed by atoms with van der Waals surface area (Å²) in [5, 5.41) is 19.5. The molecular weight excluding hydrogens is 428 g/mol. The van der Waals surface area contributed by atoms with Gasteiger partial charge >= 0.3 is 5.97 Å². The number of carbonyl (C=O) groups excluding carboxylic acids is 1. The van der Waals surface area contributed by atoms with Crippen LogP contribution >= 0.6 is 0 Å². The second-order valence-electron chi connectivity index (χ2n) is 8.98. The molecule has 7 nitrogen and oxygen atoms in total. The number of hydrogen-bond donors (Lipinski definition) is 1. The first kappa shape index (κ1) is 24.1. The van der Waals surface area contributed by atoms with Crippen LogP contribution in [0.25, 0.3) is 0 Å². The molecule has 1 aliphatic rings. The number of β-amino-alcohol motifs (C(OH)–C–C–N with tert-alkyl or cyclic N) is 1. The quantitative estimate of drug-likeness (QED) is 0.351. The van der Waals surface area contributed by atoms with E-state index in [-0.39, 0.29) is 18.7 Å². The van der Waals surface area contributed by atoms with E-state index in [0.717, 1.165) is 19.4 Å². The third-order valence-corrected chi connectivity index (χ3v) is 6.51. The Morgan fingerprint density at radius 3 is 2.53 bits per heavy atom. The highest BCUT2D eigenvalue weighted by molar-refractivity contribution is 5.89. The van der Waals surface area contributed by atoms with Gasteiger partial charge in [0.2, 0.25) is 0 Å². The van der Waals surface area contributed by atoms with Gasteiger partial charge in [-0.15, -0.1) is 5.10 Å². The number of nitrogens with zero attached hydrogens (tertiary/aromatic N) is 4. The van der Waals surface area contributed by atoms with E-state index < -0.39 is 12.1 Å². The van der Waals surface area contributed by atoms with Gasteiger partial charge < -0.3 is 9.84 Å². The summed E-state index contributed by atoms with van der Waals surface area (Å²) < 4.78 is 7.12. The molecule has 0 radical (unpaired) electrons. The molecule has 0 bridgehead atoms. The first-order chi connectivity index (χ1) is 16.7. The summed E-state index contributed by atoms with van der Waals surface area (Å²) >= 11 is 0. The smallest absolute Gasteiger partial charge is 0.338 e. The van der Waals surface area contributed by atoms with Gasteiger partial charge in [0.1, 0.15) is 12.3 Å². The predicted octanol–water partition coefficient (Wildman–Crippen LogP) is 4.56. The number of aromatic nitrogens is 3. The molecule has 3 aromatic rings. The summed E-state index contributed by atoms with van der Waals surface area (Å²) in [6.07, 6.45) is 6.77. The number of carbonyl (C=O) groups is 1. The lowest BCUT2D eigenvalue weighted by Crippen LogP contribution is -2.46. The molecule has 7 heteroatoms. The monoisotopic (exact) mass is 462 g/mol. The van der Waals surface area contributed by atoms with Crippen molar-refractivity contribution >= 4 is 5.97 Å². The number of benzene rings is 2. The molecule has 1 fully saturated rings. The van der Waals surface area contributed by atoms with Crippen LogP contribution < -0.4 is 0 Å². The second kappa shape index (κ2) is 11.9. The van der Waals surface area contributed by atoms with Gasteiger partial charge in [-0.1, -0.05) is 79.9 Å². The molecule has 4 rings (SSSR count). The Hall–Kier alpha value is -3.03. The molecular formula is C27H34N4O3. The number of unbranched alkanes of at least 4 members (excludes halogenated alkanes) is 3. The zero-order valence-corrected chi connectivity index (χ0v) is 19.8. The highest BCUT2D eigenvalue weighted by Gasteiger charge is 2.36. The van der Waals surface area contributed by atoms with Gasteiger partial charge in [0.25, 0.3) is 0 Å². The fourth-order valence-corrected chi connectivity index (χ4v) is 4.66. The van der Waals surface area contributed by atoms with Crippen molar-refractivity contribution in [1.29, 1.82) is 0 Å². The summed E-state index contributed by atoms with van der Waals surface area (Å²) in [5.74, 6) is -0.393. The summed E-state index contributed by atoms with van der Waals surface area (Å²) in [7, 11) is 0. The number of rotatable bonds is 10. The molecule has 0 unspecified atom stereocenters. The van der Waals surface area contributed by atoms with Gasteiger partial charge in [-0.25, -0.2) is 9.48 Å². The van der Waals surface area contributed by atoms with Gasteiger partial charge in [-0.2, -0.15) is 0 Å². The van der Waals surface area contributed by atoms with Crippen molar-refractivity contribution in [2.75, 3.05) is 13.1 Å². The van der Waals surface area contributed by atoms with E-state index in [2.05, 4.69) is 46.4 Å². The van der Waals surface area contributed by atoms with Gasteiger partial charge in [0.15, 0.2) is 0 Å². The molecule has 0 aliphatic carbocycles. The fraction of sp³-hybridized carbons (Fsp3) is 0.444. The molecule has 1 N–H and O–H groups in total. The molecule has 0 saturated carbocycles. The third kappa shape index (κ3) is 6.10. The van der Waals surface area contributed by atoms with Crippen molar-refractivity contribution < 1.29 is 14.6 Å². The summed E-state index contributed by atoms with van der Waals surface area (Å²) in [6, 6.07) is 19.4. The van der Waals surface area contributed by atoms with E-state index in [1.165, 1.54) is 24.8 Å². The molecule has 0 spiro atoms. The van der Waals surface area contributed by atoms with Crippen molar-refractivity contribution in [3.8, 4) is 0 Å². The molecule has 1 saturated heterocycles. The molecule has 2 heterocycles. The molecule has 0 amide bonds.